The molecule has 0 amide bonds. The fourth-order valence-corrected chi connectivity index (χ4v) is 2.60. The Labute approximate surface area is 159 Å². The molecule has 3 rings (SSSR count). The number of aromatic nitrogens is 3. The largest absolute Gasteiger partial charge is 0.424 e. The average Bonchev–Trinajstić information content (AvgIpc) is 3.04. The quantitative estimate of drug-likeness (QED) is 0.392. The van der Waals surface area contributed by atoms with Crippen LogP contribution in [0.5, 0.6) is 0 Å². The van der Waals surface area contributed by atoms with E-state index in [-0.39, 0.29) is 11.4 Å². The van der Waals surface area contributed by atoms with Crippen LogP contribution in [0.2, 0.25) is 0 Å². The smallest absolute Gasteiger partial charge is 0.308 e. The minimum Gasteiger partial charge on any atom is -0.424 e. The Morgan fingerprint density at radius 3 is 2.32 bits per heavy atom. The first kappa shape index (κ1) is 18.9. The standard InChI is InChI=1S/C20H14F2N4O2/c1-12(27)28-18(17-15(21)9-6-10-16(17)22)14(11-23)20-24-19(25-26(20)2)13-7-4-3-5-8-13/h3-10H,1-2H3. The van der Waals surface area contributed by atoms with Crippen LogP contribution in [-0.2, 0) is 16.6 Å². The molecule has 1 heterocycles. The lowest BCUT2D eigenvalue weighted by atomic mass is 10.1. The average molecular weight is 380 g/mol. The first-order valence-electron chi connectivity index (χ1n) is 8.16. The number of carbonyl (C=O) groups is 1. The molecule has 0 saturated carbocycles. The van der Waals surface area contributed by atoms with Gasteiger partial charge in [-0.3, -0.25) is 4.79 Å². The Hall–Kier alpha value is -3.86. The first-order valence-corrected chi connectivity index (χ1v) is 8.16. The molecule has 1 aromatic heterocycles. The molecule has 140 valence electrons. The number of aryl methyl sites for hydroxylation is 1. The molecule has 0 bridgehead atoms. The molecule has 6 nitrogen and oxygen atoms in total. The van der Waals surface area contributed by atoms with Crippen LogP contribution < -0.4 is 0 Å². The van der Waals surface area contributed by atoms with E-state index in [1.807, 2.05) is 12.1 Å². The second-order valence-corrected chi connectivity index (χ2v) is 5.75. The van der Waals surface area contributed by atoms with Crippen LogP contribution in [0, 0.1) is 23.0 Å². The van der Waals surface area contributed by atoms with E-state index in [0.717, 1.165) is 19.1 Å². The molecule has 0 radical (unpaired) electrons. The van der Waals surface area contributed by atoms with Gasteiger partial charge in [0, 0.05) is 19.5 Å². The molecule has 0 aliphatic carbocycles. The van der Waals surface area contributed by atoms with E-state index >= 15 is 0 Å². The van der Waals surface area contributed by atoms with Gasteiger partial charge in [0.1, 0.15) is 23.3 Å². The Balaban J connectivity index is 2.26. The number of ether oxygens (including phenoxy) is 1. The van der Waals surface area contributed by atoms with Crippen LogP contribution >= 0.6 is 0 Å². The zero-order chi connectivity index (χ0) is 20.3. The summed E-state index contributed by atoms with van der Waals surface area (Å²) in [6, 6.07) is 14.0. The number of allylic oxidation sites excluding steroid dienone is 1. The van der Waals surface area contributed by atoms with E-state index < -0.39 is 28.9 Å². The number of benzene rings is 2. The second-order valence-electron chi connectivity index (χ2n) is 5.75. The zero-order valence-electron chi connectivity index (χ0n) is 15.0. The lowest BCUT2D eigenvalue weighted by molar-refractivity contribution is -0.134. The van der Waals surface area contributed by atoms with E-state index in [4.69, 9.17) is 4.74 Å². The zero-order valence-corrected chi connectivity index (χ0v) is 15.0. The third kappa shape index (κ3) is 3.64. The molecule has 2 aromatic carbocycles. The number of halogens is 2. The first-order chi connectivity index (χ1) is 13.4. The molecule has 28 heavy (non-hydrogen) atoms. The molecule has 0 fully saturated rings. The predicted octanol–water partition coefficient (Wildman–Crippen LogP) is 3.72. The van der Waals surface area contributed by atoms with Crippen LogP contribution in [0.1, 0.15) is 18.3 Å². The third-order valence-corrected chi connectivity index (χ3v) is 3.79. The van der Waals surface area contributed by atoms with Crippen molar-refractivity contribution >= 4 is 17.3 Å². The number of carbonyl (C=O) groups excluding carboxylic acids is 1. The van der Waals surface area contributed by atoms with Gasteiger partial charge >= 0.3 is 5.97 Å². The SMILES string of the molecule is CC(=O)OC(=C(C#N)c1nc(-c2ccccc2)nn1C)c1c(F)cccc1F. The summed E-state index contributed by atoms with van der Waals surface area (Å²) < 4.78 is 34.9. The minimum absolute atomic E-state index is 0.000237. The van der Waals surface area contributed by atoms with Crippen molar-refractivity contribution in [3.8, 4) is 17.5 Å². The van der Waals surface area contributed by atoms with Crippen LogP contribution in [0.15, 0.2) is 48.5 Å². The number of esters is 1. The lowest BCUT2D eigenvalue weighted by Crippen LogP contribution is -2.08. The Morgan fingerprint density at radius 2 is 1.75 bits per heavy atom. The number of hydrogen-bond donors (Lipinski definition) is 0. The van der Waals surface area contributed by atoms with Gasteiger partial charge in [0.15, 0.2) is 17.4 Å². The summed E-state index contributed by atoms with van der Waals surface area (Å²) in [5.41, 5.74) is -0.261. The van der Waals surface area contributed by atoms with Gasteiger partial charge in [0.25, 0.3) is 0 Å². The van der Waals surface area contributed by atoms with Gasteiger partial charge in [0.05, 0.1) is 5.56 Å². The van der Waals surface area contributed by atoms with Crippen molar-refractivity contribution in [3.63, 3.8) is 0 Å². The molecule has 3 aromatic rings. The number of rotatable bonds is 4. The Bertz CT molecular complexity index is 1090. The van der Waals surface area contributed by atoms with Crippen LogP contribution in [-0.4, -0.2) is 20.7 Å². The molecule has 0 atom stereocenters. The van der Waals surface area contributed by atoms with Crippen molar-refractivity contribution in [1.29, 1.82) is 5.26 Å². The van der Waals surface area contributed by atoms with E-state index in [9.17, 15) is 18.8 Å². The topological polar surface area (TPSA) is 80.8 Å². The van der Waals surface area contributed by atoms with E-state index in [2.05, 4.69) is 10.1 Å². The fraction of sp³-hybridized carbons (Fsp3) is 0.100. The fourth-order valence-electron chi connectivity index (χ4n) is 2.60. The Kier molecular flexibility index (Phi) is 5.27. The van der Waals surface area contributed by atoms with Crippen LogP contribution in [0.25, 0.3) is 22.7 Å². The Morgan fingerprint density at radius 1 is 1.11 bits per heavy atom. The molecule has 8 heteroatoms. The van der Waals surface area contributed by atoms with Gasteiger partial charge in [-0.25, -0.2) is 18.4 Å². The molecule has 0 aliphatic heterocycles. The monoisotopic (exact) mass is 380 g/mol. The molecule has 0 saturated heterocycles. The second kappa shape index (κ2) is 7.80. The number of hydrogen-bond acceptors (Lipinski definition) is 5. The van der Waals surface area contributed by atoms with Crippen molar-refractivity contribution < 1.29 is 18.3 Å². The van der Waals surface area contributed by atoms with Gasteiger partial charge < -0.3 is 4.74 Å². The van der Waals surface area contributed by atoms with Crippen molar-refractivity contribution in [2.24, 2.45) is 7.05 Å². The van der Waals surface area contributed by atoms with Gasteiger partial charge in [-0.1, -0.05) is 36.4 Å². The molecular formula is C20H14F2N4O2. The van der Waals surface area contributed by atoms with Crippen molar-refractivity contribution in [2.75, 3.05) is 0 Å². The molecule has 0 aliphatic rings. The summed E-state index contributed by atoms with van der Waals surface area (Å²) in [6.45, 7) is 1.07. The normalized spacial score (nSPS) is 11.5. The van der Waals surface area contributed by atoms with Crippen molar-refractivity contribution in [1.82, 2.24) is 14.8 Å². The van der Waals surface area contributed by atoms with Crippen LogP contribution in [0.3, 0.4) is 0 Å². The highest BCUT2D eigenvalue weighted by Crippen LogP contribution is 2.31. The summed E-state index contributed by atoms with van der Waals surface area (Å²) in [6.07, 6.45) is 0. The van der Waals surface area contributed by atoms with Crippen molar-refractivity contribution in [3.05, 3.63) is 71.6 Å². The molecule has 0 spiro atoms. The number of nitriles is 1. The number of nitrogens with zero attached hydrogens (tertiary/aromatic N) is 4. The summed E-state index contributed by atoms with van der Waals surface area (Å²) in [5, 5.41) is 13.9. The van der Waals surface area contributed by atoms with E-state index in [0.29, 0.717) is 11.4 Å². The van der Waals surface area contributed by atoms with Gasteiger partial charge in [0.2, 0.25) is 0 Å². The minimum atomic E-state index is -0.977. The maximum Gasteiger partial charge on any atom is 0.308 e. The van der Waals surface area contributed by atoms with Gasteiger partial charge in [-0.2, -0.15) is 10.4 Å². The highest BCUT2D eigenvalue weighted by Gasteiger charge is 2.25. The van der Waals surface area contributed by atoms with Crippen molar-refractivity contribution in [2.45, 2.75) is 6.92 Å². The van der Waals surface area contributed by atoms with E-state index in [1.165, 1.54) is 17.8 Å². The highest BCUT2D eigenvalue weighted by atomic mass is 19.1. The summed E-state index contributed by atoms with van der Waals surface area (Å²) in [7, 11) is 1.52. The highest BCUT2D eigenvalue weighted by molar-refractivity contribution is 5.96. The van der Waals surface area contributed by atoms with Crippen LogP contribution in [0.4, 0.5) is 8.78 Å². The maximum absolute atomic E-state index is 14.3. The summed E-state index contributed by atoms with van der Waals surface area (Å²) in [4.78, 5) is 15.9. The van der Waals surface area contributed by atoms with Gasteiger partial charge in [-0.15, -0.1) is 0 Å². The van der Waals surface area contributed by atoms with E-state index in [1.54, 1.807) is 24.3 Å². The maximum atomic E-state index is 14.3. The molecular weight excluding hydrogens is 366 g/mol. The third-order valence-electron chi connectivity index (χ3n) is 3.79. The summed E-state index contributed by atoms with van der Waals surface area (Å²) in [5.74, 6) is -3.04. The predicted molar refractivity (Wildman–Crippen MR) is 97.0 cm³/mol. The summed E-state index contributed by atoms with van der Waals surface area (Å²) >= 11 is 0. The molecule has 0 N–H and O–H groups in total. The van der Waals surface area contributed by atoms with Gasteiger partial charge in [-0.05, 0) is 12.1 Å². The lowest BCUT2D eigenvalue weighted by Gasteiger charge is -2.11. The molecule has 0 unspecified atom stereocenters.